The van der Waals surface area contributed by atoms with Gasteiger partial charge in [0.15, 0.2) is 9.84 Å². The number of carbonyl (C=O) groups excluding carboxylic acids is 1. The summed E-state index contributed by atoms with van der Waals surface area (Å²) >= 11 is 0. The maximum atomic E-state index is 12.8. The Labute approximate surface area is 159 Å². The van der Waals surface area contributed by atoms with E-state index in [4.69, 9.17) is 4.74 Å². The molecule has 1 aliphatic carbocycles. The largest absolute Gasteiger partial charge is 0.445 e. The smallest absolute Gasteiger partial charge is 0.410 e. The van der Waals surface area contributed by atoms with Gasteiger partial charge in [-0.15, -0.1) is 0 Å². The van der Waals surface area contributed by atoms with Crippen molar-refractivity contribution in [2.75, 3.05) is 13.1 Å². The molecule has 0 bridgehead atoms. The molecule has 4 rings (SSSR count). The predicted molar refractivity (Wildman–Crippen MR) is 102 cm³/mol. The van der Waals surface area contributed by atoms with Crippen LogP contribution in [-0.4, -0.2) is 37.8 Å². The second kappa shape index (κ2) is 7.35. The Hall–Kier alpha value is -2.34. The van der Waals surface area contributed by atoms with Gasteiger partial charge in [-0.2, -0.15) is 0 Å². The van der Waals surface area contributed by atoms with Gasteiger partial charge in [0.2, 0.25) is 0 Å². The van der Waals surface area contributed by atoms with Crippen LogP contribution in [0.2, 0.25) is 0 Å². The number of fused-ring (bicyclic) bond motifs is 1. The number of ether oxygens (including phenoxy) is 1. The van der Waals surface area contributed by atoms with Gasteiger partial charge in [-0.1, -0.05) is 48.5 Å². The monoisotopic (exact) mass is 385 g/mol. The Morgan fingerprint density at radius 2 is 1.48 bits per heavy atom. The fourth-order valence-corrected chi connectivity index (χ4v) is 6.18. The van der Waals surface area contributed by atoms with E-state index in [1.54, 1.807) is 29.2 Å². The fourth-order valence-electron chi connectivity index (χ4n) is 4.26. The molecule has 1 heterocycles. The maximum Gasteiger partial charge on any atom is 0.410 e. The van der Waals surface area contributed by atoms with E-state index in [1.807, 2.05) is 36.4 Å². The van der Waals surface area contributed by atoms with Gasteiger partial charge in [0, 0.05) is 13.1 Å². The highest BCUT2D eigenvalue weighted by Crippen LogP contribution is 2.42. The third-order valence-electron chi connectivity index (χ3n) is 5.68. The number of carbonyl (C=O) groups is 1. The molecule has 5 nitrogen and oxygen atoms in total. The average molecular weight is 385 g/mol. The van der Waals surface area contributed by atoms with Crippen molar-refractivity contribution >= 4 is 15.9 Å². The van der Waals surface area contributed by atoms with Gasteiger partial charge in [0.1, 0.15) is 6.61 Å². The number of benzene rings is 2. The summed E-state index contributed by atoms with van der Waals surface area (Å²) in [4.78, 5) is 14.5. The lowest BCUT2D eigenvalue weighted by Gasteiger charge is -2.19. The highest BCUT2D eigenvalue weighted by Gasteiger charge is 2.47. The van der Waals surface area contributed by atoms with Crippen LogP contribution in [0.3, 0.4) is 0 Å². The first-order chi connectivity index (χ1) is 13.0. The third-order valence-corrected chi connectivity index (χ3v) is 7.87. The van der Waals surface area contributed by atoms with Crippen molar-refractivity contribution in [2.45, 2.75) is 29.6 Å². The zero-order valence-corrected chi connectivity index (χ0v) is 15.8. The Kier molecular flexibility index (Phi) is 4.91. The van der Waals surface area contributed by atoms with E-state index in [1.165, 1.54) is 0 Å². The molecular weight excluding hydrogens is 362 g/mol. The lowest BCUT2D eigenvalue weighted by atomic mass is 10.0. The van der Waals surface area contributed by atoms with E-state index in [2.05, 4.69) is 0 Å². The van der Waals surface area contributed by atoms with Crippen LogP contribution < -0.4 is 0 Å². The second-order valence-electron chi connectivity index (χ2n) is 7.42. The zero-order valence-electron chi connectivity index (χ0n) is 15.0. The molecule has 1 amide bonds. The van der Waals surface area contributed by atoms with Gasteiger partial charge in [-0.3, -0.25) is 0 Å². The summed E-state index contributed by atoms with van der Waals surface area (Å²) in [6, 6.07) is 18.3. The van der Waals surface area contributed by atoms with Crippen molar-refractivity contribution in [1.29, 1.82) is 0 Å². The van der Waals surface area contributed by atoms with Crippen LogP contribution in [0, 0.1) is 11.8 Å². The van der Waals surface area contributed by atoms with Crippen molar-refractivity contribution in [2.24, 2.45) is 11.8 Å². The SMILES string of the molecule is O=C(OCc1ccccc1)N1C[C@H]2C[C@@H](S(=O)(=O)c3ccccc3)C[C@H]2C1. The lowest BCUT2D eigenvalue weighted by molar-refractivity contribution is 0.102. The fraction of sp³-hybridized carbons (Fsp3) is 0.381. The number of sulfone groups is 1. The molecular formula is C21H23NO4S. The number of likely N-dealkylation sites (tertiary alicyclic amines) is 1. The van der Waals surface area contributed by atoms with Gasteiger partial charge < -0.3 is 9.64 Å². The summed E-state index contributed by atoms with van der Waals surface area (Å²) in [6.07, 6.45) is 0.921. The molecule has 1 aliphatic heterocycles. The molecule has 0 N–H and O–H groups in total. The highest BCUT2D eigenvalue weighted by atomic mass is 32.2. The molecule has 0 aromatic heterocycles. The van der Waals surface area contributed by atoms with E-state index in [-0.39, 0.29) is 29.8 Å². The number of hydrogen-bond acceptors (Lipinski definition) is 4. The van der Waals surface area contributed by atoms with Crippen LogP contribution in [0.25, 0.3) is 0 Å². The van der Waals surface area contributed by atoms with Crippen molar-refractivity contribution in [1.82, 2.24) is 4.90 Å². The van der Waals surface area contributed by atoms with Gasteiger partial charge >= 0.3 is 6.09 Å². The first-order valence-electron chi connectivity index (χ1n) is 9.28. The Balaban J connectivity index is 1.34. The molecule has 2 aromatic rings. The molecule has 1 saturated carbocycles. The van der Waals surface area contributed by atoms with E-state index >= 15 is 0 Å². The molecule has 0 radical (unpaired) electrons. The van der Waals surface area contributed by atoms with Crippen LogP contribution in [0.5, 0.6) is 0 Å². The van der Waals surface area contributed by atoms with Gasteiger partial charge in [-0.05, 0) is 42.4 Å². The summed E-state index contributed by atoms with van der Waals surface area (Å²) in [5, 5.41) is -0.350. The first-order valence-corrected chi connectivity index (χ1v) is 10.8. The number of amides is 1. The lowest BCUT2D eigenvalue weighted by Crippen LogP contribution is -2.31. The van der Waals surface area contributed by atoms with E-state index in [9.17, 15) is 13.2 Å². The normalized spacial score (nSPS) is 24.6. The maximum absolute atomic E-state index is 12.8. The molecule has 3 atom stereocenters. The minimum absolute atomic E-state index is 0.234. The molecule has 0 unspecified atom stereocenters. The average Bonchev–Trinajstić information content (AvgIpc) is 3.27. The van der Waals surface area contributed by atoms with Crippen molar-refractivity contribution in [3.8, 4) is 0 Å². The van der Waals surface area contributed by atoms with Gasteiger partial charge in [-0.25, -0.2) is 13.2 Å². The Bertz CT molecular complexity index is 884. The molecule has 2 aliphatic rings. The second-order valence-corrected chi connectivity index (χ2v) is 9.64. The number of nitrogens with zero attached hydrogens (tertiary/aromatic N) is 1. The zero-order chi connectivity index (χ0) is 18.9. The standard InChI is InChI=1S/C21H23NO4S/c23-21(26-15-16-7-3-1-4-8-16)22-13-17-11-20(12-18(17)14-22)27(24,25)19-9-5-2-6-10-19/h1-10,17-18,20H,11-15H2/t17-,18+,20-. The minimum atomic E-state index is -3.30. The van der Waals surface area contributed by atoms with Crippen molar-refractivity contribution in [3.05, 3.63) is 66.2 Å². The topological polar surface area (TPSA) is 63.7 Å². The minimum Gasteiger partial charge on any atom is -0.445 e. The molecule has 2 fully saturated rings. The van der Waals surface area contributed by atoms with E-state index < -0.39 is 9.84 Å². The quantitative estimate of drug-likeness (QED) is 0.808. The van der Waals surface area contributed by atoms with Crippen LogP contribution >= 0.6 is 0 Å². The molecule has 0 spiro atoms. The first kappa shape index (κ1) is 18.0. The van der Waals surface area contributed by atoms with E-state index in [0.717, 1.165) is 5.56 Å². The van der Waals surface area contributed by atoms with Crippen molar-refractivity contribution in [3.63, 3.8) is 0 Å². The Morgan fingerprint density at radius 3 is 2.07 bits per heavy atom. The van der Waals surface area contributed by atoms with Crippen LogP contribution in [0.4, 0.5) is 4.79 Å². The summed E-state index contributed by atoms with van der Waals surface area (Å²) in [7, 11) is -3.30. The van der Waals surface area contributed by atoms with Gasteiger partial charge in [0.25, 0.3) is 0 Å². The molecule has 2 aromatic carbocycles. The summed E-state index contributed by atoms with van der Waals surface area (Å²) in [5.41, 5.74) is 0.958. The summed E-state index contributed by atoms with van der Waals surface area (Å²) in [5.74, 6) is 0.468. The Morgan fingerprint density at radius 1 is 0.926 bits per heavy atom. The van der Waals surface area contributed by atoms with Crippen LogP contribution in [0.15, 0.2) is 65.6 Å². The molecule has 27 heavy (non-hydrogen) atoms. The molecule has 142 valence electrons. The summed E-state index contributed by atoms with van der Waals surface area (Å²) in [6.45, 7) is 1.43. The highest BCUT2D eigenvalue weighted by molar-refractivity contribution is 7.92. The molecule has 6 heteroatoms. The van der Waals surface area contributed by atoms with Crippen LogP contribution in [-0.2, 0) is 21.2 Å². The van der Waals surface area contributed by atoms with Crippen molar-refractivity contribution < 1.29 is 17.9 Å². The predicted octanol–water partition coefficient (Wildman–Crippen LogP) is 3.51. The molecule has 1 saturated heterocycles. The van der Waals surface area contributed by atoms with Gasteiger partial charge in [0.05, 0.1) is 10.1 Å². The summed E-state index contributed by atoms with van der Waals surface area (Å²) < 4.78 is 31.1. The van der Waals surface area contributed by atoms with E-state index in [0.29, 0.717) is 30.8 Å². The number of hydrogen-bond donors (Lipinski definition) is 0. The van der Waals surface area contributed by atoms with Crippen LogP contribution in [0.1, 0.15) is 18.4 Å². The number of rotatable bonds is 4. The third kappa shape index (κ3) is 3.72.